The summed E-state index contributed by atoms with van der Waals surface area (Å²) in [6, 6.07) is 23.3. The number of carboxylic acids is 1. The number of hydrogen-bond acceptors (Lipinski definition) is 7. The maximum absolute atomic E-state index is 14.2. The Morgan fingerprint density at radius 2 is 1.41 bits per heavy atom. The molecule has 286 valence electrons. The standard InChI is InChI=1S/C41H43F3N2O8/c1-26(2)25-51-39(50)45-21-20-27-6-7-29(22-30(27)23-45)37(47)46(54-35-14-10-31(11-15-35)40(3,4)5)24-36(38(48)49)28-8-12-32(13-9-28)52-33-16-18-34(19-17-33)53-41(42,43)44/h6-19,22,26,36H,20-21,23-25H2,1-5H3,(H,48,49). The van der Waals surface area contributed by atoms with Gasteiger partial charge in [0.1, 0.15) is 23.2 Å². The predicted molar refractivity (Wildman–Crippen MR) is 194 cm³/mol. The number of carboxylic acid groups (broad SMARTS) is 1. The van der Waals surface area contributed by atoms with E-state index in [9.17, 15) is 32.7 Å². The minimum absolute atomic E-state index is 0.137. The summed E-state index contributed by atoms with van der Waals surface area (Å²) in [5, 5.41) is 11.4. The predicted octanol–water partition coefficient (Wildman–Crippen LogP) is 9.13. The third-order valence-electron chi connectivity index (χ3n) is 8.65. The highest BCUT2D eigenvalue weighted by Gasteiger charge is 2.32. The molecule has 4 aromatic carbocycles. The molecule has 0 bridgehead atoms. The molecule has 2 amide bonds. The fourth-order valence-electron chi connectivity index (χ4n) is 5.73. The van der Waals surface area contributed by atoms with Crippen LogP contribution < -0.4 is 14.3 Å². The Labute approximate surface area is 312 Å². The van der Waals surface area contributed by atoms with Gasteiger partial charge < -0.3 is 29.1 Å². The maximum Gasteiger partial charge on any atom is 0.573 e. The fourth-order valence-corrected chi connectivity index (χ4v) is 5.73. The van der Waals surface area contributed by atoms with Crippen LogP contribution in [0.2, 0.25) is 0 Å². The summed E-state index contributed by atoms with van der Waals surface area (Å²) in [5.41, 5.74) is 3.25. The van der Waals surface area contributed by atoms with Gasteiger partial charge in [-0.2, -0.15) is 5.06 Å². The lowest BCUT2D eigenvalue weighted by Crippen LogP contribution is -2.40. The summed E-state index contributed by atoms with van der Waals surface area (Å²) in [5.74, 6) is -2.40. The quantitative estimate of drug-likeness (QED) is 0.143. The van der Waals surface area contributed by atoms with Crippen LogP contribution in [0, 0.1) is 5.92 Å². The van der Waals surface area contributed by atoms with Gasteiger partial charge >= 0.3 is 18.4 Å². The minimum Gasteiger partial charge on any atom is -0.481 e. The number of hydrogen-bond donors (Lipinski definition) is 1. The van der Waals surface area contributed by atoms with Gasteiger partial charge in [-0.15, -0.1) is 13.2 Å². The molecule has 0 aromatic heterocycles. The summed E-state index contributed by atoms with van der Waals surface area (Å²) < 4.78 is 52.6. The minimum atomic E-state index is -4.83. The van der Waals surface area contributed by atoms with Crippen LogP contribution >= 0.6 is 0 Å². The third-order valence-corrected chi connectivity index (χ3v) is 8.65. The number of rotatable bonds is 12. The zero-order valence-electron chi connectivity index (χ0n) is 30.7. The van der Waals surface area contributed by atoms with Crippen LogP contribution in [-0.4, -0.2) is 59.1 Å². The first kappa shape index (κ1) is 39.5. The van der Waals surface area contributed by atoms with E-state index < -0.39 is 36.0 Å². The van der Waals surface area contributed by atoms with Gasteiger partial charge in [-0.25, -0.2) is 4.79 Å². The van der Waals surface area contributed by atoms with Crippen molar-refractivity contribution in [3.05, 3.63) is 119 Å². The molecule has 1 heterocycles. The Morgan fingerprint density at radius 1 is 0.815 bits per heavy atom. The molecule has 10 nitrogen and oxygen atoms in total. The van der Waals surface area contributed by atoms with Crippen LogP contribution in [0.15, 0.2) is 91.0 Å². The Morgan fingerprint density at radius 3 is 1.98 bits per heavy atom. The first-order chi connectivity index (χ1) is 25.4. The number of benzene rings is 4. The third kappa shape index (κ3) is 10.7. The monoisotopic (exact) mass is 748 g/mol. The van der Waals surface area contributed by atoms with E-state index in [1.54, 1.807) is 29.2 Å². The molecule has 0 saturated heterocycles. The van der Waals surface area contributed by atoms with Gasteiger partial charge in [-0.1, -0.05) is 65.0 Å². The number of nitrogens with zero attached hydrogens (tertiary/aromatic N) is 2. The zero-order chi connectivity index (χ0) is 39.2. The lowest BCUT2D eigenvalue weighted by molar-refractivity contribution is -0.274. The van der Waals surface area contributed by atoms with Crippen LogP contribution in [0.3, 0.4) is 0 Å². The van der Waals surface area contributed by atoms with E-state index in [0.717, 1.165) is 33.9 Å². The van der Waals surface area contributed by atoms with E-state index in [1.165, 1.54) is 36.4 Å². The van der Waals surface area contributed by atoms with Crippen molar-refractivity contribution in [1.82, 2.24) is 9.96 Å². The average Bonchev–Trinajstić information content (AvgIpc) is 3.12. The Balaban J connectivity index is 1.38. The molecule has 1 aliphatic heterocycles. The molecular formula is C41H43F3N2O8. The van der Waals surface area contributed by atoms with Gasteiger partial charge in [0, 0.05) is 18.7 Å². The number of ether oxygens (including phenoxy) is 3. The molecule has 0 saturated carbocycles. The topological polar surface area (TPSA) is 115 Å². The Bertz CT molecular complexity index is 1920. The highest BCUT2D eigenvalue weighted by Crippen LogP contribution is 2.31. The number of amides is 2. The lowest BCUT2D eigenvalue weighted by atomic mass is 9.87. The van der Waals surface area contributed by atoms with Gasteiger partial charge in [-0.05, 0) is 101 Å². The van der Waals surface area contributed by atoms with Gasteiger partial charge in [0.25, 0.3) is 5.91 Å². The van der Waals surface area contributed by atoms with Gasteiger partial charge in [0.05, 0.1) is 13.2 Å². The number of hydroxylamine groups is 2. The largest absolute Gasteiger partial charge is 0.573 e. The molecule has 5 rings (SSSR count). The van der Waals surface area contributed by atoms with Crippen molar-refractivity contribution < 1.29 is 51.7 Å². The van der Waals surface area contributed by atoms with Crippen molar-refractivity contribution in [1.29, 1.82) is 0 Å². The van der Waals surface area contributed by atoms with Crippen LogP contribution in [0.25, 0.3) is 0 Å². The van der Waals surface area contributed by atoms with Crippen LogP contribution in [-0.2, 0) is 27.9 Å². The molecule has 54 heavy (non-hydrogen) atoms. The Hall–Kier alpha value is -5.72. The highest BCUT2D eigenvalue weighted by molar-refractivity contribution is 5.94. The van der Waals surface area contributed by atoms with Crippen molar-refractivity contribution in [2.24, 2.45) is 5.92 Å². The fraction of sp³-hybridized carbons (Fsp3) is 0.341. The molecule has 4 aromatic rings. The normalized spacial score (nSPS) is 13.5. The molecule has 1 aliphatic rings. The van der Waals surface area contributed by atoms with E-state index in [4.69, 9.17) is 14.3 Å². The number of halogens is 3. The Kier molecular flexibility index (Phi) is 12.1. The zero-order valence-corrected chi connectivity index (χ0v) is 30.7. The number of aliphatic carboxylic acids is 1. The maximum atomic E-state index is 14.2. The van der Waals surface area contributed by atoms with E-state index in [0.29, 0.717) is 36.6 Å². The number of carbonyl (C=O) groups is 3. The van der Waals surface area contributed by atoms with E-state index in [1.807, 2.05) is 32.0 Å². The second-order valence-corrected chi connectivity index (χ2v) is 14.4. The van der Waals surface area contributed by atoms with Crippen molar-refractivity contribution in [2.45, 2.75) is 65.3 Å². The summed E-state index contributed by atoms with van der Waals surface area (Å²) in [7, 11) is 0. The smallest absolute Gasteiger partial charge is 0.481 e. The molecule has 1 N–H and O–H groups in total. The van der Waals surface area contributed by atoms with Crippen LogP contribution in [0.5, 0.6) is 23.0 Å². The molecular weight excluding hydrogens is 705 g/mol. The molecule has 0 aliphatic carbocycles. The second-order valence-electron chi connectivity index (χ2n) is 14.4. The molecule has 1 atom stereocenters. The average molecular weight is 749 g/mol. The summed E-state index contributed by atoms with van der Waals surface area (Å²) in [6.07, 6.45) is -4.67. The van der Waals surface area contributed by atoms with Crippen molar-refractivity contribution in [2.75, 3.05) is 19.7 Å². The molecule has 1 unspecified atom stereocenters. The van der Waals surface area contributed by atoms with Crippen LogP contribution in [0.1, 0.15) is 73.1 Å². The molecule has 0 fully saturated rings. The SMILES string of the molecule is CC(C)COC(=O)N1CCc2ccc(C(=O)N(CC(C(=O)O)c3ccc(Oc4ccc(OC(F)(F)F)cc4)cc3)Oc3ccc(C(C)(C)C)cc3)cc2C1. The van der Waals surface area contributed by atoms with E-state index in [-0.39, 0.29) is 35.7 Å². The summed E-state index contributed by atoms with van der Waals surface area (Å²) in [6.45, 7) is 10.8. The van der Waals surface area contributed by atoms with Gasteiger partial charge in [0.15, 0.2) is 5.75 Å². The lowest BCUT2D eigenvalue weighted by Gasteiger charge is -2.29. The van der Waals surface area contributed by atoms with Crippen molar-refractivity contribution in [3.63, 3.8) is 0 Å². The van der Waals surface area contributed by atoms with E-state index >= 15 is 0 Å². The van der Waals surface area contributed by atoms with Crippen molar-refractivity contribution >= 4 is 18.0 Å². The summed E-state index contributed by atoms with van der Waals surface area (Å²) in [4.78, 5) is 47.4. The number of alkyl halides is 3. The van der Waals surface area contributed by atoms with E-state index in [2.05, 4.69) is 25.5 Å². The number of fused-ring (bicyclic) bond motifs is 1. The molecule has 13 heteroatoms. The van der Waals surface area contributed by atoms with Gasteiger partial charge in [-0.3, -0.25) is 9.59 Å². The van der Waals surface area contributed by atoms with Gasteiger partial charge in [0.2, 0.25) is 0 Å². The first-order valence-corrected chi connectivity index (χ1v) is 17.5. The van der Waals surface area contributed by atoms with Crippen LogP contribution in [0.4, 0.5) is 18.0 Å². The molecule has 0 spiro atoms. The number of carbonyl (C=O) groups excluding carboxylic acids is 2. The summed E-state index contributed by atoms with van der Waals surface area (Å²) >= 11 is 0. The first-order valence-electron chi connectivity index (χ1n) is 17.5. The second kappa shape index (κ2) is 16.5. The molecule has 0 radical (unpaired) electrons. The van der Waals surface area contributed by atoms with Crippen molar-refractivity contribution in [3.8, 4) is 23.0 Å². The highest BCUT2D eigenvalue weighted by atomic mass is 19.4.